The van der Waals surface area contributed by atoms with Crippen LogP contribution in [0.1, 0.15) is 50.8 Å². The van der Waals surface area contributed by atoms with Gasteiger partial charge in [-0.2, -0.15) is 9.40 Å². The second kappa shape index (κ2) is 10.9. The van der Waals surface area contributed by atoms with Gasteiger partial charge in [-0.25, -0.2) is 8.42 Å². The number of amides is 3. The summed E-state index contributed by atoms with van der Waals surface area (Å²) in [5, 5.41) is 7.64. The molecule has 218 valence electrons. The number of nitrogens with zero attached hydrogens (tertiary/aromatic N) is 4. The van der Waals surface area contributed by atoms with Crippen molar-refractivity contribution >= 4 is 38.6 Å². The van der Waals surface area contributed by atoms with E-state index in [4.69, 9.17) is 4.74 Å². The molecule has 3 amide bonds. The maximum Gasteiger partial charge on any atom is 0.260 e. The van der Waals surface area contributed by atoms with Crippen LogP contribution in [0.3, 0.4) is 0 Å². The summed E-state index contributed by atoms with van der Waals surface area (Å²) in [4.78, 5) is 38.9. The maximum absolute atomic E-state index is 13.2. The van der Waals surface area contributed by atoms with E-state index in [-0.39, 0.29) is 67.2 Å². The molecule has 1 atom stereocenters. The second-order valence-electron chi connectivity index (χ2n) is 11.5. The molecular weight excluding hydrogens is 546 g/mol. The lowest BCUT2D eigenvalue weighted by Gasteiger charge is -2.34. The molecule has 12 heteroatoms. The molecule has 0 spiro atoms. The number of carbonyl (C=O) groups is 3. The van der Waals surface area contributed by atoms with Gasteiger partial charge >= 0.3 is 0 Å². The number of aromatic nitrogens is 2. The Morgan fingerprint density at radius 2 is 1.73 bits per heavy atom. The largest absolute Gasteiger partial charge is 0.481 e. The molecule has 3 aromatic rings. The summed E-state index contributed by atoms with van der Waals surface area (Å²) in [5.41, 5.74) is 2.19. The lowest BCUT2D eigenvalue weighted by Crippen LogP contribution is -2.51. The molecule has 2 fully saturated rings. The molecule has 11 nitrogen and oxygen atoms in total. The van der Waals surface area contributed by atoms with E-state index < -0.39 is 15.9 Å². The van der Waals surface area contributed by atoms with Gasteiger partial charge in [0.15, 0.2) is 6.61 Å². The van der Waals surface area contributed by atoms with Crippen molar-refractivity contribution in [1.29, 1.82) is 0 Å². The van der Waals surface area contributed by atoms with E-state index in [9.17, 15) is 22.8 Å². The van der Waals surface area contributed by atoms with Crippen LogP contribution < -0.4 is 10.1 Å². The van der Waals surface area contributed by atoms with Crippen molar-refractivity contribution in [2.45, 2.75) is 49.8 Å². The molecular formula is C29H35N5O6S. The van der Waals surface area contributed by atoms with E-state index in [0.717, 1.165) is 10.9 Å². The molecule has 41 heavy (non-hydrogen) atoms. The van der Waals surface area contributed by atoms with Crippen LogP contribution in [0.25, 0.3) is 10.9 Å². The average Bonchev–Trinajstić information content (AvgIpc) is 3.28. The van der Waals surface area contributed by atoms with E-state index in [1.54, 1.807) is 40.9 Å². The molecule has 1 aromatic heterocycles. The van der Waals surface area contributed by atoms with Crippen molar-refractivity contribution in [2.75, 3.05) is 32.8 Å². The van der Waals surface area contributed by atoms with E-state index in [1.807, 2.05) is 18.2 Å². The van der Waals surface area contributed by atoms with Crippen LogP contribution in [0, 0.1) is 0 Å². The number of piperazine rings is 1. The third kappa shape index (κ3) is 5.71. The number of rotatable bonds is 6. The first-order valence-corrected chi connectivity index (χ1v) is 15.1. The average molecular weight is 582 g/mol. The number of ether oxygens (including phenoxy) is 1. The summed E-state index contributed by atoms with van der Waals surface area (Å²) in [6.45, 7) is 6.92. The van der Waals surface area contributed by atoms with Gasteiger partial charge in [-0.15, -0.1) is 0 Å². The third-order valence-electron chi connectivity index (χ3n) is 7.73. The monoisotopic (exact) mass is 581 g/mol. The van der Waals surface area contributed by atoms with Crippen LogP contribution >= 0.6 is 0 Å². The van der Waals surface area contributed by atoms with Crippen molar-refractivity contribution in [1.82, 2.24) is 24.3 Å². The fourth-order valence-electron chi connectivity index (χ4n) is 5.34. The van der Waals surface area contributed by atoms with Crippen LogP contribution in [-0.2, 0) is 36.9 Å². The molecule has 1 unspecified atom stereocenters. The van der Waals surface area contributed by atoms with Gasteiger partial charge in [-0.1, -0.05) is 45.0 Å². The highest BCUT2D eigenvalue weighted by molar-refractivity contribution is 7.89. The number of hydrogen-bond donors (Lipinski definition) is 1. The number of sulfonamides is 1. The first-order chi connectivity index (χ1) is 19.4. The van der Waals surface area contributed by atoms with Gasteiger partial charge in [0.1, 0.15) is 11.3 Å². The van der Waals surface area contributed by atoms with Crippen LogP contribution in [0.2, 0.25) is 0 Å². The quantitative estimate of drug-likeness (QED) is 0.442. The van der Waals surface area contributed by atoms with Crippen molar-refractivity contribution in [3.63, 3.8) is 0 Å². The van der Waals surface area contributed by atoms with E-state index in [0.29, 0.717) is 23.4 Å². The van der Waals surface area contributed by atoms with Gasteiger partial charge < -0.3 is 9.64 Å². The highest BCUT2D eigenvalue weighted by Crippen LogP contribution is 2.34. The number of nitrogens with one attached hydrogen (secondary N) is 1. The predicted molar refractivity (Wildman–Crippen MR) is 152 cm³/mol. The number of para-hydroxylation sites is 1. The van der Waals surface area contributed by atoms with E-state index in [2.05, 4.69) is 31.2 Å². The minimum atomic E-state index is -3.66. The summed E-state index contributed by atoms with van der Waals surface area (Å²) < 4.78 is 35.3. The topological polar surface area (TPSA) is 131 Å². The lowest BCUT2D eigenvalue weighted by molar-refractivity contribution is -0.135. The minimum absolute atomic E-state index is 0.0749. The standard InChI is InChI=1S/C29H35N5O6S/c1-29(2,3)19-8-10-20(11-9-19)41(38,39)34-16-14-33(15-17-34)25(36)18-40-23-7-5-6-21-26(31-32(4)27(21)23)22-12-13-24(35)30-28(22)37/h5-11,22H,12-18H2,1-4H3,(H,30,35,37). The zero-order chi connectivity index (χ0) is 29.5. The summed E-state index contributed by atoms with van der Waals surface area (Å²) in [6.07, 6.45) is 0.626. The Kier molecular flexibility index (Phi) is 7.64. The summed E-state index contributed by atoms with van der Waals surface area (Å²) in [5.74, 6) is -1.00. The first-order valence-electron chi connectivity index (χ1n) is 13.7. The zero-order valence-corrected chi connectivity index (χ0v) is 24.5. The van der Waals surface area contributed by atoms with Gasteiger partial charge in [0.05, 0.1) is 16.5 Å². The molecule has 1 N–H and O–H groups in total. The molecule has 5 rings (SSSR count). The highest BCUT2D eigenvalue weighted by atomic mass is 32.2. The SMILES string of the molecule is Cn1nc(C2CCC(=O)NC2=O)c2cccc(OCC(=O)N3CCN(S(=O)(=O)c4ccc(C(C)(C)C)cc4)CC3)c21. The van der Waals surface area contributed by atoms with Crippen LogP contribution in [0.4, 0.5) is 0 Å². The second-order valence-corrected chi connectivity index (χ2v) is 13.5. The van der Waals surface area contributed by atoms with Crippen molar-refractivity contribution < 1.29 is 27.5 Å². The molecule has 2 aliphatic rings. The lowest BCUT2D eigenvalue weighted by atomic mass is 9.87. The van der Waals surface area contributed by atoms with Gasteiger partial charge in [0.25, 0.3) is 5.91 Å². The number of carbonyl (C=O) groups excluding carboxylic acids is 3. The molecule has 0 bridgehead atoms. The highest BCUT2D eigenvalue weighted by Gasteiger charge is 2.33. The van der Waals surface area contributed by atoms with Gasteiger partial charge in [0.2, 0.25) is 21.8 Å². The molecule has 2 aromatic carbocycles. The zero-order valence-electron chi connectivity index (χ0n) is 23.7. The summed E-state index contributed by atoms with van der Waals surface area (Å²) in [7, 11) is -1.93. The predicted octanol–water partition coefficient (Wildman–Crippen LogP) is 2.30. The first kappa shape index (κ1) is 28.7. The van der Waals surface area contributed by atoms with Gasteiger partial charge in [-0.3, -0.25) is 24.4 Å². The van der Waals surface area contributed by atoms with Gasteiger partial charge in [0, 0.05) is 45.0 Å². The van der Waals surface area contributed by atoms with Crippen molar-refractivity contribution in [3.05, 3.63) is 53.7 Å². The fraction of sp³-hybridized carbons (Fsp3) is 0.448. The van der Waals surface area contributed by atoms with E-state index >= 15 is 0 Å². The van der Waals surface area contributed by atoms with Crippen LogP contribution in [0.15, 0.2) is 47.4 Å². The summed E-state index contributed by atoms with van der Waals surface area (Å²) in [6, 6.07) is 12.3. The molecule has 0 saturated carbocycles. The number of benzene rings is 2. The Bertz CT molecular complexity index is 1600. The Balaban J connectivity index is 1.22. The number of fused-ring (bicyclic) bond motifs is 1. The maximum atomic E-state index is 13.2. The number of imide groups is 1. The molecule has 2 aliphatic heterocycles. The van der Waals surface area contributed by atoms with E-state index in [1.165, 1.54) is 4.31 Å². The molecule has 0 radical (unpaired) electrons. The van der Waals surface area contributed by atoms with Crippen molar-refractivity contribution in [3.8, 4) is 5.75 Å². The fourth-order valence-corrected chi connectivity index (χ4v) is 6.76. The molecule has 2 saturated heterocycles. The Morgan fingerprint density at radius 3 is 2.37 bits per heavy atom. The third-order valence-corrected chi connectivity index (χ3v) is 9.64. The Labute approximate surface area is 239 Å². The minimum Gasteiger partial charge on any atom is -0.481 e. The summed E-state index contributed by atoms with van der Waals surface area (Å²) >= 11 is 0. The normalized spacial score (nSPS) is 18.9. The number of aryl methyl sites for hydroxylation is 1. The van der Waals surface area contributed by atoms with Gasteiger partial charge in [-0.05, 0) is 35.6 Å². The Hall–Kier alpha value is -3.77. The van der Waals surface area contributed by atoms with Crippen LogP contribution in [0.5, 0.6) is 5.75 Å². The number of piperidine rings is 1. The molecule has 0 aliphatic carbocycles. The number of hydrogen-bond acceptors (Lipinski definition) is 7. The molecule has 3 heterocycles. The van der Waals surface area contributed by atoms with Crippen molar-refractivity contribution in [2.24, 2.45) is 7.05 Å². The Morgan fingerprint density at radius 1 is 1.05 bits per heavy atom. The van der Waals surface area contributed by atoms with Crippen LogP contribution in [-0.4, -0.2) is 77.9 Å². The smallest absolute Gasteiger partial charge is 0.260 e.